The second kappa shape index (κ2) is 6.93. The number of esters is 1. The van der Waals surface area contributed by atoms with Gasteiger partial charge in [0.25, 0.3) is 0 Å². The Bertz CT molecular complexity index is 618. The number of carbonyl (C=O) groups is 1. The summed E-state index contributed by atoms with van der Waals surface area (Å²) in [6.45, 7) is 6.47. The molecule has 0 unspecified atom stereocenters. The van der Waals surface area contributed by atoms with E-state index in [1.807, 2.05) is 56.3 Å². The van der Waals surface area contributed by atoms with E-state index in [-0.39, 0.29) is 5.97 Å². The van der Waals surface area contributed by atoms with Crippen LogP contribution in [0.5, 0.6) is 5.75 Å². The molecule has 3 heteroatoms. The molecule has 0 fully saturated rings. The highest BCUT2D eigenvalue weighted by molar-refractivity contribution is 5.93. The lowest BCUT2D eigenvalue weighted by Gasteiger charge is -2.14. The van der Waals surface area contributed by atoms with Crippen LogP contribution in [0.2, 0.25) is 0 Å². The summed E-state index contributed by atoms with van der Waals surface area (Å²) >= 11 is 0. The van der Waals surface area contributed by atoms with Gasteiger partial charge in [0.2, 0.25) is 0 Å². The third-order valence-electron chi connectivity index (χ3n) is 3.14. The molecule has 2 aromatic rings. The standard InChI is InChI=1S/C18H20O3/c1-4-20-18(19)16-11-13(2)10-14(3)17(16)21-12-15-8-6-5-7-9-15/h5-11H,4,12H2,1-3H3. The van der Waals surface area contributed by atoms with Crippen molar-refractivity contribution in [1.29, 1.82) is 0 Å². The van der Waals surface area contributed by atoms with Crippen molar-refractivity contribution in [2.45, 2.75) is 27.4 Å². The number of carbonyl (C=O) groups excluding carboxylic acids is 1. The number of benzene rings is 2. The van der Waals surface area contributed by atoms with Gasteiger partial charge in [-0.2, -0.15) is 0 Å². The SMILES string of the molecule is CCOC(=O)c1cc(C)cc(C)c1OCc1ccccc1. The number of hydrogen-bond acceptors (Lipinski definition) is 3. The molecule has 0 aliphatic rings. The number of ether oxygens (including phenoxy) is 2. The van der Waals surface area contributed by atoms with Gasteiger partial charge in [-0.15, -0.1) is 0 Å². The van der Waals surface area contributed by atoms with E-state index in [4.69, 9.17) is 9.47 Å². The molecule has 0 heterocycles. The molecular formula is C18H20O3. The molecule has 2 aromatic carbocycles. The number of rotatable bonds is 5. The summed E-state index contributed by atoms with van der Waals surface area (Å²) in [5.74, 6) is 0.260. The molecule has 0 aliphatic heterocycles. The highest BCUT2D eigenvalue weighted by atomic mass is 16.5. The first kappa shape index (κ1) is 15.1. The van der Waals surface area contributed by atoms with E-state index in [1.165, 1.54) is 0 Å². The van der Waals surface area contributed by atoms with Gasteiger partial charge < -0.3 is 9.47 Å². The molecule has 110 valence electrons. The summed E-state index contributed by atoms with van der Waals surface area (Å²) in [6, 6.07) is 13.7. The lowest BCUT2D eigenvalue weighted by atomic mass is 10.1. The van der Waals surface area contributed by atoms with Crippen LogP contribution >= 0.6 is 0 Å². The third-order valence-corrected chi connectivity index (χ3v) is 3.14. The van der Waals surface area contributed by atoms with Gasteiger partial charge in [0.05, 0.1) is 6.61 Å². The molecule has 0 saturated carbocycles. The summed E-state index contributed by atoms with van der Waals surface area (Å²) in [5, 5.41) is 0. The van der Waals surface area contributed by atoms with Gasteiger partial charge in [0, 0.05) is 0 Å². The van der Waals surface area contributed by atoms with Gasteiger partial charge >= 0.3 is 5.97 Å². The summed E-state index contributed by atoms with van der Waals surface area (Å²) in [5.41, 5.74) is 3.51. The van der Waals surface area contributed by atoms with Crippen LogP contribution in [-0.4, -0.2) is 12.6 Å². The van der Waals surface area contributed by atoms with E-state index in [1.54, 1.807) is 6.92 Å². The zero-order valence-electron chi connectivity index (χ0n) is 12.7. The maximum Gasteiger partial charge on any atom is 0.341 e. The first-order valence-electron chi connectivity index (χ1n) is 7.07. The Balaban J connectivity index is 2.26. The summed E-state index contributed by atoms with van der Waals surface area (Å²) < 4.78 is 11.0. The van der Waals surface area contributed by atoms with Crippen LogP contribution < -0.4 is 4.74 Å². The van der Waals surface area contributed by atoms with Crippen molar-refractivity contribution in [2.24, 2.45) is 0 Å². The smallest absolute Gasteiger partial charge is 0.341 e. The maximum atomic E-state index is 12.1. The fourth-order valence-corrected chi connectivity index (χ4v) is 2.24. The normalized spacial score (nSPS) is 10.2. The molecule has 0 bridgehead atoms. The minimum Gasteiger partial charge on any atom is -0.488 e. The number of hydrogen-bond donors (Lipinski definition) is 0. The second-order valence-corrected chi connectivity index (χ2v) is 4.95. The fraction of sp³-hybridized carbons (Fsp3) is 0.278. The monoisotopic (exact) mass is 284 g/mol. The largest absolute Gasteiger partial charge is 0.488 e. The Morgan fingerprint density at radius 2 is 1.81 bits per heavy atom. The minimum atomic E-state index is -0.340. The molecule has 0 aromatic heterocycles. The Morgan fingerprint density at radius 1 is 1.10 bits per heavy atom. The highest BCUT2D eigenvalue weighted by Crippen LogP contribution is 2.27. The van der Waals surface area contributed by atoms with Crippen molar-refractivity contribution < 1.29 is 14.3 Å². The van der Waals surface area contributed by atoms with Crippen LogP contribution in [-0.2, 0) is 11.3 Å². The summed E-state index contributed by atoms with van der Waals surface area (Å²) in [7, 11) is 0. The van der Waals surface area contributed by atoms with Gasteiger partial charge in [-0.1, -0.05) is 36.4 Å². The van der Waals surface area contributed by atoms with Crippen LogP contribution in [0.15, 0.2) is 42.5 Å². The van der Waals surface area contributed by atoms with Crippen molar-refractivity contribution >= 4 is 5.97 Å². The Hall–Kier alpha value is -2.29. The summed E-state index contributed by atoms with van der Waals surface area (Å²) in [6.07, 6.45) is 0. The maximum absolute atomic E-state index is 12.1. The molecule has 3 nitrogen and oxygen atoms in total. The van der Waals surface area contributed by atoms with Gasteiger partial charge in [0.1, 0.15) is 17.9 Å². The van der Waals surface area contributed by atoms with Gasteiger partial charge in [-0.3, -0.25) is 0 Å². The van der Waals surface area contributed by atoms with Crippen LogP contribution in [0.1, 0.15) is 34.0 Å². The van der Waals surface area contributed by atoms with Crippen molar-refractivity contribution in [3.05, 3.63) is 64.7 Å². The topological polar surface area (TPSA) is 35.5 Å². The predicted molar refractivity (Wildman–Crippen MR) is 82.6 cm³/mol. The van der Waals surface area contributed by atoms with Crippen molar-refractivity contribution in [3.63, 3.8) is 0 Å². The Morgan fingerprint density at radius 3 is 2.48 bits per heavy atom. The second-order valence-electron chi connectivity index (χ2n) is 4.95. The average molecular weight is 284 g/mol. The molecule has 2 rings (SSSR count). The van der Waals surface area contributed by atoms with Gasteiger partial charge in [0.15, 0.2) is 0 Å². The van der Waals surface area contributed by atoms with E-state index in [0.29, 0.717) is 24.5 Å². The molecular weight excluding hydrogens is 264 g/mol. The molecule has 0 atom stereocenters. The molecule has 0 amide bonds. The first-order valence-corrected chi connectivity index (χ1v) is 7.07. The lowest BCUT2D eigenvalue weighted by Crippen LogP contribution is -2.09. The predicted octanol–water partition coefficient (Wildman–Crippen LogP) is 4.06. The molecule has 21 heavy (non-hydrogen) atoms. The molecule has 0 radical (unpaired) electrons. The molecule has 0 aliphatic carbocycles. The van der Waals surface area contributed by atoms with E-state index in [0.717, 1.165) is 16.7 Å². The Labute approximate surface area is 125 Å². The highest BCUT2D eigenvalue weighted by Gasteiger charge is 2.17. The van der Waals surface area contributed by atoms with Crippen LogP contribution in [0.3, 0.4) is 0 Å². The Kier molecular flexibility index (Phi) is 4.99. The van der Waals surface area contributed by atoms with Gasteiger partial charge in [-0.05, 0) is 43.5 Å². The van der Waals surface area contributed by atoms with E-state index in [2.05, 4.69) is 0 Å². The van der Waals surface area contributed by atoms with E-state index >= 15 is 0 Å². The first-order chi connectivity index (χ1) is 10.1. The fourth-order valence-electron chi connectivity index (χ4n) is 2.24. The van der Waals surface area contributed by atoms with E-state index in [9.17, 15) is 4.79 Å². The number of aryl methyl sites for hydroxylation is 2. The van der Waals surface area contributed by atoms with E-state index < -0.39 is 0 Å². The molecule has 0 spiro atoms. The minimum absolute atomic E-state index is 0.340. The average Bonchev–Trinajstić information content (AvgIpc) is 2.47. The van der Waals surface area contributed by atoms with Crippen molar-refractivity contribution in [3.8, 4) is 5.75 Å². The molecule has 0 N–H and O–H groups in total. The quantitative estimate of drug-likeness (QED) is 0.777. The van der Waals surface area contributed by atoms with Gasteiger partial charge in [-0.25, -0.2) is 4.79 Å². The van der Waals surface area contributed by atoms with Crippen molar-refractivity contribution in [1.82, 2.24) is 0 Å². The van der Waals surface area contributed by atoms with Crippen LogP contribution in [0.4, 0.5) is 0 Å². The zero-order chi connectivity index (χ0) is 15.2. The summed E-state index contributed by atoms with van der Waals surface area (Å²) in [4.78, 5) is 12.1. The molecule has 0 saturated heterocycles. The third kappa shape index (κ3) is 3.85. The van der Waals surface area contributed by atoms with Crippen LogP contribution in [0, 0.1) is 13.8 Å². The lowest BCUT2D eigenvalue weighted by molar-refractivity contribution is 0.0521. The van der Waals surface area contributed by atoms with Crippen molar-refractivity contribution in [2.75, 3.05) is 6.61 Å². The van der Waals surface area contributed by atoms with Crippen LogP contribution in [0.25, 0.3) is 0 Å². The zero-order valence-corrected chi connectivity index (χ0v) is 12.7.